The summed E-state index contributed by atoms with van der Waals surface area (Å²) in [7, 11) is 0. The molecule has 1 saturated carbocycles. The molecule has 0 radical (unpaired) electrons. The second-order valence-electron chi connectivity index (χ2n) is 6.43. The molecular weight excluding hydrogens is 232 g/mol. The summed E-state index contributed by atoms with van der Waals surface area (Å²) in [5, 5.41) is 3.74. The highest BCUT2D eigenvalue weighted by atomic mass is 15.2. The highest BCUT2D eigenvalue weighted by Crippen LogP contribution is 2.32. The summed E-state index contributed by atoms with van der Waals surface area (Å²) in [6.45, 7) is 5.97. The molecule has 2 nitrogen and oxygen atoms in total. The van der Waals surface area contributed by atoms with Crippen LogP contribution < -0.4 is 5.32 Å². The van der Waals surface area contributed by atoms with E-state index in [4.69, 9.17) is 0 Å². The highest BCUT2D eigenvalue weighted by Gasteiger charge is 2.33. The van der Waals surface area contributed by atoms with Crippen LogP contribution in [0.15, 0.2) is 30.3 Å². The highest BCUT2D eigenvalue weighted by molar-refractivity contribution is 5.14. The Morgan fingerprint density at radius 2 is 2.00 bits per heavy atom. The summed E-state index contributed by atoms with van der Waals surface area (Å²) in [6, 6.07) is 12.3. The van der Waals surface area contributed by atoms with Crippen molar-refractivity contribution in [3.63, 3.8) is 0 Å². The molecule has 0 bridgehead atoms. The first-order chi connectivity index (χ1) is 9.31. The topological polar surface area (TPSA) is 15.3 Å². The Hall–Kier alpha value is -0.860. The molecule has 1 atom stereocenters. The van der Waals surface area contributed by atoms with Crippen LogP contribution in [-0.4, -0.2) is 30.1 Å². The number of rotatable bonds is 4. The Bertz CT molecular complexity index is 384. The second-order valence-corrected chi connectivity index (χ2v) is 6.43. The molecule has 0 amide bonds. The van der Waals surface area contributed by atoms with E-state index in [-0.39, 0.29) is 0 Å². The molecule has 0 aromatic heterocycles. The average Bonchev–Trinajstić information content (AvgIpc) is 2.43. The van der Waals surface area contributed by atoms with Crippen molar-refractivity contribution < 1.29 is 0 Å². The Labute approximate surface area is 117 Å². The van der Waals surface area contributed by atoms with Crippen LogP contribution in [0.5, 0.6) is 0 Å². The zero-order valence-electron chi connectivity index (χ0n) is 12.0. The lowest BCUT2D eigenvalue weighted by Crippen LogP contribution is -2.52. The largest absolute Gasteiger partial charge is 0.309 e. The molecule has 2 aliphatic rings. The van der Waals surface area contributed by atoms with Gasteiger partial charge in [-0.15, -0.1) is 0 Å². The van der Waals surface area contributed by atoms with Gasteiger partial charge in [0.05, 0.1) is 0 Å². The van der Waals surface area contributed by atoms with Gasteiger partial charge in [-0.1, -0.05) is 37.3 Å². The number of nitrogens with one attached hydrogen (secondary N) is 1. The third-order valence-corrected chi connectivity index (χ3v) is 4.76. The Morgan fingerprint density at radius 1 is 1.21 bits per heavy atom. The molecule has 3 rings (SSSR count). The van der Waals surface area contributed by atoms with E-state index in [2.05, 4.69) is 47.5 Å². The Kier molecular flexibility index (Phi) is 4.19. The first-order valence-electron chi connectivity index (χ1n) is 7.82. The molecule has 19 heavy (non-hydrogen) atoms. The number of hydrogen-bond donors (Lipinski definition) is 1. The van der Waals surface area contributed by atoms with Crippen molar-refractivity contribution in [1.82, 2.24) is 10.2 Å². The smallest absolute Gasteiger partial charge is 0.0208 e. The van der Waals surface area contributed by atoms with Gasteiger partial charge in [0.1, 0.15) is 0 Å². The van der Waals surface area contributed by atoms with Gasteiger partial charge in [-0.25, -0.2) is 0 Å². The number of likely N-dealkylation sites (tertiary alicyclic amines) is 1. The van der Waals surface area contributed by atoms with Gasteiger partial charge in [0.15, 0.2) is 0 Å². The van der Waals surface area contributed by atoms with Gasteiger partial charge >= 0.3 is 0 Å². The van der Waals surface area contributed by atoms with Gasteiger partial charge in [-0.3, -0.25) is 4.90 Å². The number of nitrogens with zero attached hydrogens (tertiary/aromatic N) is 1. The molecule has 2 fully saturated rings. The molecule has 1 saturated heterocycles. The molecule has 104 valence electrons. The van der Waals surface area contributed by atoms with Crippen molar-refractivity contribution in [1.29, 1.82) is 0 Å². The molecular formula is C17H26N2. The van der Waals surface area contributed by atoms with Crippen LogP contribution in [0.2, 0.25) is 0 Å². The molecule has 0 spiro atoms. The number of benzene rings is 1. The fraction of sp³-hybridized carbons (Fsp3) is 0.647. The van der Waals surface area contributed by atoms with Crippen LogP contribution >= 0.6 is 0 Å². The summed E-state index contributed by atoms with van der Waals surface area (Å²) in [5.41, 5.74) is 1.40. The van der Waals surface area contributed by atoms with Crippen LogP contribution in [0.3, 0.4) is 0 Å². The molecule has 1 aliphatic heterocycles. The van der Waals surface area contributed by atoms with Crippen LogP contribution in [0, 0.1) is 5.92 Å². The van der Waals surface area contributed by atoms with E-state index in [1.54, 1.807) is 0 Å². The minimum Gasteiger partial charge on any atom is -0.309 e. The zero-order chi connectivity index (χ0) is 13.1. The van der Waals surface area contributed by atoms with Gasteiger partial charge in [0.25, 0.3) is 0 Å². The van der Waals surface area contributed by atoms with Crippen molar-refractivity contribution in [2.45, 2.75) is 51.2 Å². The quantitative estimate of drug-likeness (QED) is 0.893. The number of piperidine rings is 1. The maximum Gasteiger partial charge on any atom is 0.0208 e. The van der Waals surface area contributed by atoms with Crippen LogP contribution in [0.4, 0.5) is 0 Å². The van der Waals surface area contributed by atoms with Crippen LogP contribution in [0.1, 0.15) is 38.2 Å². The van der Waals surface area contributed by atoms with Crippen molar-refractivity contribution in [2.24, 2.45) is 5.92 Å². The minimum absolute atomic E-state index is 0.685. The van der Waals surface area contributed by atoms with Gasteiger partial charge in [-0.2, -0.15) is 0 Å². The second kappa shape index (κ2) is 6.06. The van der Waals surface area contributed by atoms with Crippen molar-refractivity contribution in [3.8, 4) is 0 Å². The van der Waals surface area contributed by atoms with Crippen LogP contribution in [0.25, 0.3) is 0 Å². The molecule has 1 aromatic carbocycles. The summed E-state index contributed by atoms with van der Waals surface area (Å²) in [6.07, 6.45) is 5.54. The van der Waals surface area contributed by atoms with Crippen molar-refractivity contribution >= 4 is 0 Å². The third kappa shape index (κ3) is 3.37. The average molecular weight is 258 g/mol. The summed E-state index contributed by atoms with van der Waals surface area (Å²) in [5.74, 6) is 0.961. The van der Waals surface area contributed by atoms with E-state index in [0.29, 0.717) is 6.04 Å². The third-order valence-electron chi connectivity index (χ3n) is 4.76. The predicted molar refractivity (Wildman–Crippen MR) is 80.1 cm³/mol. The molecule has 1 heterocycles. The lowest BCUT2D eigenvalue weighted by molar-refractivity contribution is 0.0563. The first-order valence-corrected chi connectivity index (χ1v) is 7.82. The van der Waals surface area contributed by atoms with E-state index >= 15 is 0 Å². The SMILES string of the molecule is CC1CC(N2CCCC(NCc3ccccc3)C2)C1. The summed E-state index contributed by atoms with van der Waals surface area (Å²) in [4.78, 5) is 2.73. The van der Waals surface area contributed by atoms with E-state index in [1.807, 2.05) is 0 Å². The fourth-order valence-corrected chi connectivity index (χ4v) is 3.52. The summed E-state index contributed by atoms with van der Waals surface area (Å²) >= 11 is 0. The Morgan fingerprint density at radius 3 is 2.74 bits per heavy atom. The number of hydrogen-bond acceptors (Lipinski definition) is 2. The lowest BCUT2D eigenvalue weighted by atomic mass is 9.80. The Balaban J connectivity index is 1.46. The molecule has 1 aromatic rings. The molecule has 1 N–H and O–H groups in total. The maximum atomic E-state index is 3.74. The van der Waals surface area contributed by atoms with Gasteiger partial charge in [0.2, 0.25) is 0 Å². The summed E-state index contributed by atoms with van der Waals surface area (Å²) < 4.78 is 0. The van der Waals surface area contributed by atoms with Crippen LogP contribution in [-0.2, 0) is 6.54 Å². The zero-order valence-corrected chi connectivity index (χ0v) is 12.0. The van der Waals surface area contributed by atoms with Crippen molar-refractivity contribution in [2.75, 3.05) is 13.1 Å². The lowest BCUT2D eigenvalue weighted by Gasteiger charge is -2.45. The normalized spacial score (nSPS) is 31.9. The minimum atomic E-state index is 0.685. The monoisotopic (exact) mass is 258 g/mol. The molecule has 1 aliphatic carbocycles. The first kappa shape index (κ1) is 13.1. The van der Waals surface area contributed by atoms with E-state index in [0.717, 1.165) is 18.5 Å². The van der Waals surface area contributed by atoms with Crippen molar-refractivity contribution in [3.05, 3.63) is 35.9 Å². The fourth-order valence-electron chi connectivity index (χ4n) is 3.52. The molecule has 1 unspecified atom stereocenters. The van der Waals surface area contributed by atoms with Gasteiger partial charge in [0, 0.05) is 25.2 Å². The van der Waals surface area contributed by atoms with Gasteiger partial charge < -0.3 is 5.32 Å². The molecule has 2 heteroatoms. The van der Waals surface area contributed by atoms with E-state index < -0.39 is 0 Å². The van der Waals surface area contributed by atoms with Gasteiger partial charge in [-0.05, 0) is 43.7 Å². The van der Waals surface area contributed by atoms with E-state index in [1.165, 1.54) is 44.3 Å². The van der Waals surface area contributed by atoms with E-state index in [9.17, 15) is 0 Å². The maximum absolute atomic E-state index is 3.74. The standard InChI is InChI=1S/C17H26N2/c1-14-10-17(11-14)19-9-5-8-16(13-19)18-12-15-6-3-2-4-7-15/h2-4,6-7,14,16-18H,5,8-13H2,1H3. The predicted octanol–water partition coefficient (Wildman–Crippen LogP) is 3.04.